The Morgan fingerprint density at radius 3 is 2.28 bits per heavy atom. The zero-order valence-electron chi connectivity index (χ0n) is 20.0. The highest BCUT2D eigenvalue weighted by atomic mass is 16.5. The van der Waals surface area contributed by atoms with Crippen LogP contribution in [0.15, 0.2) is 18.2 Å². The monoisotopic (exact) mass is 448 g/mol. The molecule has 1 rings (SSSR count). The van der Waals surface area contributed by atoms with Gasteiger partial charge in [0.1, 0.15) is 12.3 Å². The van der Waals surface area contributed by atoms with Gasteiger partial charge in [-0.25, -0.2) is 0 Å². The molecule has 180 valence electrons. The largest absolute Gasteiger partial charge is 0.493 e. The number of nitrogens with one attached hydrogen (secondary N) is 2. The maximum absolute atomic E-state index is 12.7. The fraction of sp³-hybridized carbons (Fsp3) is 0.640. The highest BCUT2D eigenvalue weighted by Gasteiger charge is 2.16. The van der Waals surface area contributed by atoms with Gasteiger partial charge < -0.3 is 20.1 Å². The molecule has 0 saturated carbocycles. The van der Waals surface area contributed by atoms with E-state index < -0.39 is 11.9 Å². The van der Waals surface area contributed by atoms with Gasteiger partial charge in [-0.3, -0.25) is 14.4 Å². The summed E-state index contributed by atoms with van der Waals surface area (Å²) in [7, 11) is 0. The minimum absolute atomic E-state index is 0.0860. The van der Waals surface area contributed by atoms with E-state index in [4.69, 9.17) is 9.47 Å². The van der Waals surface area contributed by atoms with Crippen molar-refractivity contribution >= 4 is 23.5 Å². The molecule has 0 fully saturated rings. The second kappa shape index (κ2) is 17.0. The number of hydrogen-bond acceptors (Lipinski definition) is 5. The molecule has 0 bridgehead atoms. The summed E-state index contributed by atoms with van der Waals surface area (Å²) in [5, 5.41) is 5.40. The first-order valence-electron chi connectivity index (χ1n) is 12.0. The topological polar surface area (TPSA) is 93.7 Å². The van der Waals surface area contributed by atoms with Gasteiger partial charge in [0.25, 0.3) is 5.91 Å². The smallest absolute Gasteiger partial charge is 0.325 e. The van der Waals surface area contributed by atoms with E-state index in [1.54, 1.807) is 25.1 Å². The number of esters is 1. The summed E-state index contributed by atoms with van der Waals surface area (Å²) >= 11 is 0. The number of rotatable bonds is 17. The summed E-state index contributed by atoms with van der Waals surface area (Å²) in [6.07, 6.45) is 10.2. The molecule has 0 unspecified atom stereocenters. The van der Waals surface area contributed by atoms with Crippen LogP contribution < -0.4 is 15.4 Å². The van der Waals surface area contributed by atoms with Crippen molar-refractivity contribution in [2.75, 3.05) is 25.1 Å². The molecule has 7 heteroatoms. The standard InChI is InChI=1S/C25H40N2O5/c1-4-7-9-10-11-13-17-32-22-16-15-20(27-23(28)14-12-8-5-2)18-21(22)25(30)26-19-24(29)31-6-3/h15-16,18H,4-14,17,19H2,1-3H3,(H,26,30)(H,27,28). The van der Waals surface area contributed by atoms with Crippen LogP contribution in [-0.2, 0) is 14.3 Å². The van der Waals surface area contributed by atoms with Crippen molar-refractivity contribution in [3.05, 3.63) is 23.8 Å². The average molecular weight is 449 g/mol. The second-order valence-corrected chi connectivity index (χ2v) is 7.82. The number of ether oxygens (including phenoxy) is 2. The summed E-state index contributed by atoms with van der Waals surface area (Å²) in [4.78, 5) is 36.5. The molecule has 0 atom stereocenters. The minimum atomic E-state index is -0.504. The number of benzene rings is 1. The van der Waals surface area contributed by atoms with Crippen molar-refractivity contribution in [1.82, 2.24) is 5.32 Å². The molecule has 0 spiro atoms. The molecule has 1 aromatic rings. The zero-order valence-corrected chi connectivity index (χ0v) is 20.0. The van der Waals surface area contributed by atoms with Gasteiger partial charge in [0.05, 0.1) is 18.8 Å². The predicted molar refractivity (Wildman–Crippen MR) is 127 cm³/mol. The number of hydrogen-bond donors (Lipinski definition) is 2. The molecule has 0 radical (unpaired) electrons. The number of carbonyl (C=O) groups excluding carboxylic acids is 3. The number of anilines is 1. The Balaban J connectivity index is 2.76. The van der Waals surface area contributed by atoms with Crippen molar-refractivity contribution in [3.8, 4) is 5.75 Å². The molecule has 32 heavy (non-hydrogen) atoms. The van der Waals surface area contributed by atoms with Crippen molar-refractivity contribution < 1.29 is 23.9 Å². The maximum atomic E-state index is 12.7. The van der Waals surface area contributed by atoms with Gasteiger partial charge in [0, 0.05) is 12.1 Å². The number of unbranched alkanes of at least 4 members (excludes halogenated alkanes) is 7. The lowest BCUT2D eigenvalue weighted by atomic mass is 10.1. The Kier molecular flexibility index (Phi) is 14.6. The molecule has 0 heterocycles. The fourth-order valence-corrected chi connectivity index (χ4v) is 3.19. The highest BCUT2D eigenvalue weighted by molar-refractivity contribution is 6.00. The Hall–Kier alpha value is -2.57. The summed E-state index contributed by atoms with van der Waals surface area (Å²) in [6, 6.07) is 5.02. The third-order valence-electron chi connectivity index (χ3n) is 4.97. The lowest BCUT2D eigenvalue weighted by Crippen LogP contribution is -2.31. The highest BCUT2D eigenvalue weighted by Crippen LogP contribution is 2.24. The van der Waals surface area contributed by atoms with Gasteiger partial charge in [-0.15, -0.1) is 0 Å². The predicted octanol–water partition coefficient (Wildman–Crippen LogP) is 5.24. The third-order valence-corrected chi connectivity index (χ3v) is 4.97. The van der Waals surface area contributed by atoms with Crippen LogP contribution >= 0.6 is 0 Å². The van der Waals surface area contributed by atoms with Gasteiger partial charge in [-0.2, -0.15) is 0 Å². The lowest BCUT2D eigenvalue weighted by molar-refractivity contribution is -0.141. The van der Waals surface area contributed by atoms with Gasteiger partial charge >= 0.3 is 5.97 Å². The van der Waals surface area contributed by atoms with Crippen LogP contribution in [0.4, 0.5) is 5.69 Å². The summed E-state index contributed by atoms with van der Waals surface area (Å²) < 4.78 is 10.7. The van der Waals surface area contributed by atoms with E-state index in [1.807, 2.05) is 0 Å². The Morgan fingerprint density at radius 2 is 1.56 bits per heavy atom. The van der Waals surface area contributed by atoms with Gasteiger partial charge in [0.15, 0.2) is 0 Å². The third kappa shape index (κ3) is 11.7. The first-order valence-corrected chi connectivity index (χ1v) is 12.0. The maximum Gasteiger partial charge on any atom is 0.325 e. The van der Waals surface area contributed by atoms with Gasteiger partial charge in [-0.05, 0) is 38.0 Å². The molecular weight excluding hydrogens is 408 g/mol. The van der Waals surface area contributed by atoms with Crippen LogP contribution in [0.25, 0.3) is 0 Å². The Morgan fingerprint density at radius 1 is 0.875 bits per heavy atom. The molecule has 0 aliphatic rings. The summed E-state index contributed by atoms with van der Waals surface area (Å²) in [5.41, 5.74) is 0.811. The van der Waals surface area contributed by atoms with E-state index in [1.165, 1.54) is 25.7 Å². The average Bonchev–Trinajstić information content (AvgIpc) is 2.78. The normalized spacial score (nSPS) is 10.5. The Bertz CT molecular complexity index is 706. The van der Waals surface area contributed by atoms with Crippen LogP contribution in [0, 0.1) is 0 Å². The van der Waals surface area contributed by atoms with Crippen molar-refractivity contribution in [2.45, 2.75) is 85.0 Å². The van der Waals surface area contributed by atoms with Crippen LogP contribution in [-0.4, -0.2) is 37.5 Å². The molecule has 2 N–H and O–H groups in total. The van der Waals surface area contributed by atoms with Crippen molar-refractivity contribution in [2.24, 2.45) is 0 Å². The number of amides is 2. The van der Waals surface area contributed by atoms with Gasteiger partial charge in [0.2, 0.25) is 5.91 Å². The van der Waals surface area contributed by atoms with Crippen LogP contribution in [0.1, 0.15) is 95.3 Å². The first-order chi connectivity index (χ1) is 15.5. The van der Waals surface area contributed by atoms with E-state index in [2.05, 4.69) is 24.5 Å². The quantitative estimate of drug-likeness (QED) is 0.251. The Labute approximate surface area is 192 Å². The molecular formula is C25H40N2O5. The molecule has 0 aromatic heterocycles. The van der Waals surface area contributed by atoms with Crippen LogP contribution in [0.3, 0.4) is 0 Å². The molecule has 2 amide bonds. The van der Waals surface area contributed by atoms with Crippen molar-refractivity contribution in [3.63, 3.8) is 0 Å². The molecule has 0 aliphatic carbocycles. The molecule has 0 saturated heterocycles. The van der Waals surface area contributed by atoms with Crippen LogP contribution in [0.5, 0.6) is 5.75 Å². The second-order valence-electron chi connectivity index (χ2n) is 7.82. The van der Waals surface area contributed by atoms with Crippen LogP contribution in [0.2, 0.25) is 0 Å². The SMILES string of the molecule is CCCCCCCCOc1ccc(NC(=O)CCCCC)cc1C(=O)NCC(=O)OCC. The van der Waals surface area contributed by atoms with Crippen molar-refractivity contribution in [1.29, 1.82) is 0 Å². The molecule has 1 aromatic carbocycles. The van der Waals surface area contributed by atoms with E-state index in [-0.39, 0.29) is 24.6 Å². The van der Waals surface area contributed by atoms with E-state index in [0.29, 0.717) is 24.5 Å². The summed E-state index contributed by atoms with van der Waals surface area (Å²) in [6.45, 7) is 6.52. The minimum Gasteiger partial charge on any atom is -0.493 e. The lowest BCUT2D eigenvalue weighted by Gasteiger charge is -2.14. The molecule has 0 aliphatic heterocycles. The first kappa shape index (κ1) is 27.5. The zero-order chi connectivity index (χ0) is 23.6. The van der Waals surface area contributed by atoms with E-state index >= 15 is 0 Å². The van der Waals surface area contributed by atoms with E-state index in [0.717, 1.165) is 32.1 Å². The van der Waals surface area contributed by atoms with E-state index in [9.17, 15) is 14.4 Å². The van der Waals surface area contributed by atoms with Gasteiger partial charge in [-0.1, -0.05) is 58.8 Å². The summed E-state index contributed by atoms with van der Waals surface area (Å²) in [5.74, 6) is -0.602. The molecule has 7 nitrogen and oxygen atoms in total. The number of carbonyl (C=O) groups is 3. The fourth-order valence-electron chi connectivity index (χ4n) is 3.19.